The molecule has 17 heavy (non-hydrogen) atoms. The molecule has 0 aromatic heterocycles. The summed E-state index contributed by atoms with van der Waals surface area (Å²) in [4.78, 5) is 0. The van der Waals surface area contributed by atoms with Gasteiger partial charge in [0.05, 0.1) is 24.6 Å². The van der Waals surface area contributed by atoms with Gasteiger partial charge in [0, 0.05) is 13.2 Å². The fourth-order valence-electron chi connectivity index (χ4n) is 1.63. The quantitative estimate of drug-likeness (QED) is 0.717. The molecular weight excluding hydrogens is 216 g/mol. The molecule has 0 aliphatic carbocycles. The molecule has 4 heteroatoms. The van der Waals surface area contributed by atoms with Crippen LogP contribution in [-0.2, 0) is 4.74 Å². The van der Waals surface area contributed by atoms with Gasteiger partial charge in [0.25, 0.3) is 0 Å². The molecule has 1 aromatic rings. The molecule has 0 aliphatic heterocycles. The van der Waals surface area contributed by atoms with Crippen molar-refractivity contribution in [3.8, 4) is 5.75 Å². The summed E-state index contributed by atoms with van der Waals surface area (Å²) in [5, 5.41) is 3.37. The van der Waals surface area contributed by atoms with Crippen LogP contribution in [-0.4, -0.2) is 26.4 Å². The molecule has 1 rings (SSSR count). The lowest BCUT2D eigenvalue weighted by molar-refractivity contribution is 0.184. The topological polar surface area (TPSA) is 56.5 Å². The first-order valence-corrected chi connectivity index (χ1v) is 5.99. The highest BCUT2D eigenvalue weighted by atomic mass is 16.5. The maximum absolute atomic E-state index is 6.04. The third kappa shape index (κ3) is 3.82. The SMILES string of the molecule is CCOc1cccc(NC(CC)COC)c1N. The minimum atomic E-state index is 0.263. The molecule has 0 aliphatic rings. The van der Waals surface area contributed by atoms with Crippen LogP contribution in [0.4, 0.5) is 11.4 Å². The third-order valence-electron chi connectivity index (χ3n) is 2.59. The Hall–Kier alpha value is -1.42. The predicted octanol–water partition coefficient (Wildman–Crippen LogP) is 2.50. The molecular formula is C13H22N2O2. The minimum absolute atomic E-state index is 0.263. The number of para-hydroxylation sites is 1. The van der Waals surface area contributed by atoms with Crippen molar-refractivity contribution >= 4 is 11.4 Å². The van der Waals surface area contributed by atoms with Gasteiger partial charge in [-0.2, -0.15) is 0 Å². The van der Waals surface area contributed by atoms with Crippen molar-refractivity contribution in [2.75, 3.05) is 31.4 Å². The zero-order valence-electron chi connectivity index (χ0n) is 10.8. The van der Waals surface area contributed by atoms with E-state index in [0.29, 0.717) is 18.9 Å². The molecule has 0 radical (unpaired) electrons. The third-order valence-corrected chi connectivity index (χ3v) is 2.59. The molecule has 1 unspecified atom stereocenters. The van der Waals surface area contributed by atoms with E-state index in [9.17, 15) is 0 Å². The van der Waals surface area contributed by atoms with Crippen molar-refractivity contribution in [2.24, 2.45) is 0 Å². The van der Waals surface area contributed by atoms with Crippen molar-refractivity contribution < 1.29 is 9.47 Å². The fraction of sp³-hybridized carbons (Fsp3) is 0.538. The van der Waals surface area contributed by atoms with Gasteiger partial charge >= 0.3 is 0 Å². The van der Waals surface area contributed by atoms with Crippen molar-refractivity contribution in [1.82, 2.24) is 0 Å². The Morgan fingerprint density at radius 3 is 2.71 bits per heavy atom. The van der Waals surface area contributed by atoms with Crippen LogP contribution < -0.4 is 15.8 Å². The first kappa shape index (κ1) is 13.6. The van der Waals surface area contributed by atoms with E-state index < -0.39 is 0 Å². The van der Waals surface area contributed by atoms with Gasteiger partial charge in [0.2, 0.25) is 0 Å². The van der Waals surface area contributed by atoms with Crippen LogP contribution in [0.5, 0.6) is 5.75 Å². The Labute approximate surface area is 103 Å². The summed E-state index contributed by atoms with van der Waals surface area (Å²) in [5.41, 5.74) is 7.60. The monoisotopic (exact) mass is 238 g/mol. The molecule has 1 aromatic carbocycles. The van der Waals surface area contributed by atoms with Crippen molar-refractivity contribution in [3.63, 3.8) is 0 Å². The van der Waals surface area contributed by atoms with E-state index in [1.165, 1.54) is 0 Å². The van der Waals surface area contributed by atoms with Crippen LogP contribution in [0.2, 0.25) is 0 Å². The second-order valence-corrected chi connectivity index (χ2v) is 3.86. The Bertz CT molecular complexity index is 342. The van der Waals surface area contributed by atoms with Gasteiger partial charge in [0.1, 0.15) is 5.75 Å². The highest BCUT2D eigenvalue weighted by Crippen LogP contribution is 2.29. The Kier molecular flexibility index (Phi) is 5.63. The molecule has 4 nitrogen and oxygen atoms in total. The van der Waals surface area contributed by atoms with Crippen LogP contribution in [0.3, 0.4) is 0 Å². The molecule has 3 N–H and O–H groups in total. The van der Waals surface area contributed by atoms with Crippen molar-refractivity contribution in [3.05, 3.63) is 18.2 Å². The van der Waals surface area contributed by atoms with E-state index in [0.717, 1.165) is 17.9 Å². The number of benzene rings is 1. The van der Waals surface area contributed by atoms with Gasteiger partial charge in [-0.15, -0.1) is 0 Å². The van der Waals surface area contributed by atoms with E-state index in [1.54, 1.807) is 7.11 Å². The van der Waals surface area contributed by atoms with Gasteiger partial charge in [-0.25, -0.2) is 0 Å². The predicted molar refractivity (Wildman–Crippen MR) is 71.6 cm³/mol. The smallest absolute Gasteiger partial charge is 0.144 e. The van der Waals surface area contributed by atoms with Crippen LogP contribution in [0, 0.1) is 0 Å². The highest BCUT2D eigenvalue weighted by Gasteiger charge is 2.10. The van der Waals surface area contributed by atoms with Crippen LogP contribution in [0.25, 0.3) is 0 Å². The summed E-state index contributed by atoms with van der Waals surface area (Å²) in [6.45, 7) is 5.33. The fourth-order valence-corrected chi connectivity index (χ4v) is 1.63. The normalized spacial score (nSPS) is 12.2. The maximum atomic E-state index is 6.04. The maximum Gasteiger partial charge on any atom is 0.144 e. The lowest BCUT2D eigenvalue weighted by Crippen LogP contribution is -2.24. The second kappa shape index (κ2) is 7.01. The van der Waals surface area contributed by atoms with E-state index in [1.807, 2.05) is 25.1 Å². The summed E-state index contributed by atoms with van der Waals surface area (Å²) in [6.07, 6.45) is 0.978. The van der Waals surface area contributed by atoms with E-state index in [-0.39, 0.29) is 6.04 Å². The first-order valence-electron chi connectivity index (χ1n) is 5.99. The molecule has 0 heterocycles. The first-order chi connectivity index (χ1) is 8.22. The second-order valence-electron chi connectivity index (χ2n) is 3.86. The Morgan fingerprint density at radius 2 is 2.12 bits per heavy atom. The standard InChI is InChI=1S/C13H22N2O2/c1-4-10(9-16-3)15-11-7-6-8-12(13(11)14)17-5-2/h6-8,10,15H,4-5,9,14H2,1-3H3. The number of ether oxygens (including phenoxy) is 2. The average Bonchev–Trinajstić information content (AvgIpc) is 2.33. The van der Waals surface area contributed by atoms with Gasteiger partial charge < -0.3 is 20.5 Å². The summed E-state index contributed by atoms with van der Waals surface area (Å²) in [7, 11) is 1.70. The minimum Gasteiger partial charge on any atom is -0.492 e. The molecule has 0 spiro atoms. The number of nitrogens with one attached hydrogen (secondary N) is 1. The highest BCUT2D eigenvalue weighted by molar-refractivity contribution is 5.73. The number of nitrogen functional groups attached to an aromatic ring is 1. The van der Waals surface area contributed by atoms with Gasteiger partial charge in [0.15, 0.2) is 0 Å². The van der Waals surface area contributed by atoms with E-state index in [2.05, 4.69) is 12.2 Å². The van der Waals surface area contributed by atoms with Crippen LogP contribution in [0.1, 0.15) is 20.3 Å². The zero-order valence-corrected chi connectivity index (χ0v) is 10.8. The van der Waals surface area contributed by atoms with Gasteiger partial charge in [-0.05, 0) is 25.5 Å². The number of anilines is 2. The largest absolute Gasteiger partial charge is 0.492 e. The van der Waals surface area contributed by atoms with Gasteiger partial charge in [-0.3, -0.25) is 0 Å². The summed E-state index contributed by atoms with van der Waals surface area (Å²) in [6, 6.07) is 6.03. The molecule has 0 saturated carbocycles. The Balaban J connectivity index is 2.79. The molecule has 0 saturated heterocycles. The van der Waals surface area contributed by atoms with Crippen LogP contribution in [0.15, 0.2) is 18.2 Å². The summed E-state index contributed by atoms with van der Waals surface area (Å²) >= 11 is 0. The number of methoxy groups -OCH3 is 1. The number of nitrogens with two attached hydrogens (primary N) is 1. The number of hydrogen-bond donors (Lipinski definition) is 2. The van der Waals surface area contributed by atoms with E-state index in [4.69, 9.17) is 15.2 Å². The van der Waals surface area contributed by atoms with Crippen LogP contribution >= 0.6 is 0 Å². The van der Waals surface area contributed by atoms with Crippen molar-refractivity contribution in [2.45, 2.75) is 26.3 Å². The molecule has 0 bridgehead atoms. The lowest BCUT2D eigenvalue weighted by Gasteiger charge is -2.19. The number of rotatable bonds is 7. The summed E-state index contributed by atoms with van der Waals surface area (Å²) in [5.74, 6) is 0.727. The molecule has 96 valence electrons. The molecule has 0 amide bonds. The molecule has 1 atom stereocenters. The average molecular weight is 238 g/mol. The molecule has 0 fully saturated rings. The van der Waals surface area contributed by atoms with Gasteiger partial charge in [-0.1, -0.05) is 13.0 Å². The Morgan fingerprint density at radius 1 is 1.35 bits per heavy atom. The zero-order chi connectivity index (χ0) is 12.7. The number of hydrogen-bond acceptors (Lipinski definition) is 4. The van der Waals surface area contributed by atoms with Crippen molar-refractivity contribution in [1.29, 1.82) is 0 Å². The van der Waals surface area contributed by atoms with E-state index >= 15 is 0 Å². The lowest BCUT2D eigenvalue weighted by atomic mass is 10.2. The summed E-state index contributed by atoms with van der Waals surface area (Å²) < 4.78 is 10.6.